The average Bonchev–Trinajstić information content (AvgIpc) is 3.06. The Hall–Kier alpha value is -1.74. The number of hydrogen-bond donors (Lipinski definition) is 0. The van der Waals surface area contributed by atoms with Gasteiger partial charge >= 0.3 is 0 Å². The van der Waals surface area contributed by atoms with E-state index in [-0.39, 0.29) is 29.9 Å². The van der Waals surface area contributed by atoms with Gasteiger partial charge in [0.1, 0.15) is 11.6 Å². The lowest BCUT2D eigenvalue weighted by atomic mass is 10.3. The van der Waals surface area contributed by atoms with Gasteiger partial charge in [0.25, 0.3) is 0 Å². The van der Waals surface area contributed by atoms with Gasteiger partial charge in [0.15, 0.2) is 5.13 Å². The van der Waals surface area contributed by atoms with Gasteiger partial charge in [-0.15, -0.1) is 24.2 Å². The summed E-state index contributed by atoms with van der Waals surface area (Å²) in [6, 6.07) is 10.7. The summed E-state index contributed by atoms with van der Waals surface area (Å²) in [5, 5.41) is 0.583. The first kappa shape index (κ1) is 23.5. The fourth-order valence-corrected chi connectivity index (χ4v) is 4.43. The Bertz CT molecular complexity index is 951. The summed E-state index contributed by atoms with van der Waals surface area (Å²) in [5.41, 5.74) is 0.685. The molecule has 4 nitrogen and oxygen atoms in total. The van der Waals surface area contributed by atoms with Crippen molar-refractivity contribution in [3.05, 3.63) is 54.1 Å². The number of carbonyl (C=O) groups is 1. The molecule has 0 radical (unpaired) electrons. The quantitative estimate of drug-likeness (QED) is 0.442. The number of anilines is 1. The second-order valence-electron chi connectivity index (χ2n) is 6.51. The van der Waals surface area contributed by atoms with Crippen LogP contribution in [0.4, 0.5) is 13.9 Å². The zero-order valence-corrected chi connectivity index (χ0v) is 18.5. The maximum absolute atomic E-state index is 13.5. The second-order valence-corrected chi connectivity index (χ2v) is 8.69. The Labute approximate surface area is 183 Å². The number of likely N-dealkylation sites (N-methyl/N-ethyl adjacent to an activating group) is 1. The lowest BCUT2D eigenvalue weighted by Crippen LogP contribution is -2.36. The Morgan fingerprint density at radius 2 is 1.76 bits per heavy atom. The predicted molar refractivity (Wildman–Crippen MR) is 119 cm³/mol. The molecule has 0 aliphatic carbocycles. The van der Waals surface area contributed by atoms with E-state index >= 15 is 0 Å². The van der Waals surface area contributed by atoms with Crippen molar-refractivity contribution in [1.82, 2.24) is 9.88 Å². The van der Waals surface area contributed by atoms with Crippen LogP contribution in [-0.2, 0) is 4.79 Å². The second kappa shape index (κ2) is 10.9. The summed E-state index contributed by atoms with van der Waals surface area (Å²) >= 11 is 2.83. The summed E-state index contributed by atoms with van der Waals surface area (Å²) < 4.78 is 27.2. The Balaban J connectivity index is 0.00000300. The lowest BCUT2D eigenvalue weighted by molar-refractivity contribution is -0.118. The standard InChI is InChI=1S/C20H21F2N3OS2.ClH/c1-24(2)10-11-25(20-23-17-8-5-15(22)13-18(17)28-20)19(26)9-12-27-16-6-3-14(21)4-7-16;/h3-8,13H,9-12H2,1-2H3;1H. The summed E-state index contributed by atoms with van der Waals surface area (Å²) in [7, 11) is 3.89. The van der Waals surface area contributed by atoms with Crippen molar-refractivity contribution >= 4 is 56.8 Å². The highest BCUT2D eigenvalue weighted by atomic mass is 35.5. The molecule has 0 atom stereocenters. The molecule has 0 spiro atoms. The number of hydrogen-bond acceptors (Lipinski definition) is 5. The third-order valence-electron chi connectivity index (χ3n) is 4.04. The van der Waals surface area contributed by atoms with Crippen LogP contribution in [-0.4, -0.2) is 48.7 Å². The van der Waals surface area contributed by atoms with Gasteiger partial charge in [0, 0.05) is 30.2 Å². The number of carbonyl (C=O) groups excluding carboxylic acids is 1. The van der Waals surface area contributed by atoms with Crippen molar-refractivity contribution in [3.8, 4) is 0 Å². The van der Waals surface area contributed by atoms with Crippen molar-refractivity contribution in [3.63, 3.8) is 0 Å². The van der Waals surface area contributed by atoms with Gasteiger partial charge in [-0.25, -0.2) is 13.8 Å². The Morgan fingerprint density at radius 1 is 1.07 bits per heavy atom. The minimum absolute atomic E-state index is 0. The lowest BCUT2D eigenvalue weighted by Gasteiger charge is -2.22. The molecule has 1 aromatic heterocycles. The van der Waals surface area contributed by atoms with Crippen molar-refractivity contribution in [2.24, 2.45) is 0 Å². The molecule has 1 amide bonds. The van der Waals surface area contributed by atoms with E-state index in [1.165, 1.54) is 47.4 Å². The molecule has 3 rings (SSSR count). The summed E-state index contributed by atoms with van der Waals surface area (Å²) in [6.07, 6.45) is 0.333. The molecule has 156 valence electrons. The number of aromatic nitrogens is 1. The maximum atomic E-state index is 13.5. The highest BCUT2D eigenvalue weighted by Gasteiger charge is 2.20. The van der Waals surface area contributed by atoms with Crippen LogP contribution in [0.25, 0.3) is 10.2 Å². The smallest absolute Gasteiger partial charge is 0.229 e. The highest BCUT2D eigenvalue weighted by Crippen LogP contribution is 2.30. The number of thiazole rings is 1. The maximum Gasteiger partial charge on any atom is 0.229 e. The zero-order valence-electron chi connectivity index (χ0n) is 16.1. The third kappa shape index (κ3) is 6.64. The minimum Gasteiger partial charge on any atom is -0.308 e. The van der Waals surface area contributed by atoms with Crippen molar-refractivity contribution < 1.29 is 13.6 Å². The number of thioether (sulfide) groups is 1. The van der Waals surface area contributed by atoms with Gasteiger partial charge in [-0.2, -0.15) is 0 Å². The molecule has 0 unspecified atom stereocenters. The van der Waals surface area contributed by atoms with Crippen molar-refractivity contribution in [2.75, 3.05) is 37.8 Å². The molecule has 0 N–H and O–H groups in total. The number of fused-ring (bicyclic) bond motifs is 1. The largest absolute Gasteiger partial charge is 0.308 e. The van der Waals surface area contributed by atoms with E-state index in [1.807, 2.05) is 19.0 Å². The number of rotatable bonds is 8. The van der Waals surface area contributed by atoms with Crippen LogP contribution in [0.5, 0.6) is 0 Å². The zero-order chi connectivity index (χ0) is 20.1. The molecule has 0 aliphatic rings. The molecule has 0 saturated carbocycles. The summed E-state index contributed by atoms with van der Waals surface area (Å²) in [6.45, 7) is 1.20. The topological polar surface area (TPSA) is 36.4 Å². The minimum atomic E-state index is -0.315. The van der Waals surface area contributed by atoms with Gasteiger partial charge in [-0.05, 0) is 56.6 Å². The number of amides is 1. The van der Waals surface area contributed by atoms with Gasteiger partial charge in [-0.3, -0.25) is 9.69 Å². The Morgan fingerprint density at radius 3 is 2.45 bits per heavy atom. The van der Waals surface area contributed by atoms with Crippen LogP contribution in [0.15, 0.2) is 47.4 Å². The molecule has 0 aliphatic heterocycles. The van der Waals surface area contributed by atoms with E-state index < -0.39 is 0 Å². The van der Waals surface area contributed by atoms with E-state index in [1.54, 1.807) is 23.1 Å². The Kier molecular flexibility index (Phi) is 8.82. The van der Waals surface area contributed by atoms with Crippen molar-refractivity contribution in [1.29, 1.82) is 0 Å². The highest BCUT2D eigenvalue weighted by molar-refractivity contribution is 7.99. The molecular weight excluding hydrogens is 436 g/mol. The molecule has 29 heavy (non-hydrogen) atoms. The fraction of sp³-hybridized carbons (Fsp3) is 0.300. The monoisotopic (exact) mass is 457 g/mol. The van der Waals surface area contributed by atoms with Crippen LogP contribution in [0.1, 0.15) is 6.42 Å². The molecular formula is C20H22ClF2N3OS2. The van der Waals surface area contributed by atoms with Gasteiger partial charge in [-0.1, -0.05) is 11.3 Å². The predicted octanol–water partition coefficient (Wildman–Crippen LogP) is 5.07. The normalized spacial score (nSPS) is 10.9. The molecule has 0 bridgehead atoms. The van der Waals surface area contributed by atoms with E-state index in [4.69, 9.17) is 0 Å². The first-order valence-corrected chi connectivity index (χ1v) is 10.6. The van der Waals surface area contributed by atoms with Crippen LogP contribution in [0, 0.1) is 11.6 Å². The van der Waals surface area contributed by atoms with E-state index in [0.29, 0.717) is 35.9 Å². The SMILES string of the molecule is CN(C)CCN(C(=O)CCSc1ccc(F)cc1)c1nc2ccc(F)cc2s1.Cl. The first-order chi connectivity index (χ1) is 13.4. The average molecular weight is 458 g/mol. The third-order valence-corrected chi connectivity index (χ3v) is 6.10. The number of benzene rings is 2. The molecule has 0 saturated heterocycles. The fourth-order valence-electron chi connectivity index (χ4n) is 2.55. The summed E-state index contributed by atoms with van der Waals surface area (Å²) in [4.78, 5) is 22.0. The first-order valence-electron chi connectivity index (χ1n) is 8.82. The molecule has 9 heteroatoms. The summed E-state index contributed by atoms with van der Waals surface area (Å²) in [5.74, 6) is -0.0363. The molecule has 1 heterocycles. The van der Waals surface area contributed by atoms with E-state index in [9.17, 15) is 13.6 Å². The molecule has 2 aromatic carbocycles. The van der Waals surface area contributed by atoms with Crippen LogP contribution in [0.3, 0.4) is 0 Å². The van der Waals surface area contributed by atoms with E-state index in [2.05, 4.69) is 4.98 Å². The number of halogens is 3. The van der Waals surface area contributed by atoms with Crippen LogP contribution < -0.4 is 4.90 Å². The molecule has 0 fully saturated rings. The van der Waals surface area contributed by atoms with E-state index in [0.717, 1.165) is 9.60 Å². The van der Waals surface area contributed by atoms with Crippen molar-refractivity contribution in [2.45, 2.75) is 11.3 Å². The van der Waals surface area contributed by atoms with Gasteiger partial charge < -0.3 is 4.90 Å². The van der Waals surface area contributed by atoms with Crippen LogP contribution >= 0.6 is 35.5 Å². The van der Waals surface area contributed by atoms with Gasteiger partial charge in [0.2, 0.25) is 5.91 Å². The van der Waals surface area contributed by atoms with Gasteiger partial charge in [0.05, 0.1) is 10.2 Å². The van der Waals surface area contributed by atoms with Crippen LogP contribution in [0.2, 0.25) is 0 Å². The molecule has 3 aromatic rings. The number of nitrogens with zero attached hydrogens (tertiary/aromatic N) is 3.